The highest BCUT2D eigenvalue weighted by atomic mass is 32.2. The summed E-state index contributed by atoms with van der Waals surface area (Å²) in [5.74, 6) is -0.381. The predicted molar refractivity (Wildman–Crippen MR) is 55.4 cm³/mol. The molecule has 0 bridgehead atoms. The van der Waals surface area contributed by atoms with Crippen LogP contribution in [0.3, 0.4) is 0 Å². The molecule has 0 radical (unpaired) electrons. The van der Waals surface area contributed by atoms with Crippen molar-refractivity contribution in [3.63, 3.8) is 0 Å². The molecule has 1 aromatic heterocycles. The van der Waals surface area contributed by atoms with Crippen LogP contribution in [0.4, 0.5) is 13.2 Å². The van der Waals surface area contributed by atoms with Crippen LogP contribution in [0.2, 0.25) is 0 Å². The van der Waals surface area contributed by atoms with Gasteiger partial charge in [-0.2, -0.15) is 13.2 Å². The van der Waals surface area contributed by atoms with Gasteiger partial charge < -0.3 is 4.57 Å². The lowest BCUT2D eigenvalue weighted by molar-refractivity contribution is -0.138. The highest BCUT2D eigenvalue weighted by molar-refractivity contribution is 7.90. The molecule has 0 amide bonds. The van der Waals surface area contributed by atoms with Crippen molar-refractivity contribution in [3.05, 3.63) is 34.2 Å². The second-order valence-corrected chi connectivity index (χ2v) is 5.84. The summed E-state index contributed by atoms with van der Waals surface area (Å²) in [6.07, 6.45) is -2.99. The van der Waals surface area contributed by atoms with Crippen LogP contribution >= 0.6 is 0 Å². The van der Waals surface area contributed by atoms with Gasteiger partial charge in [-0.05, 0) is 6.07 Å². The Hall–Kier alpha value is -1.31. The number of alkyl halides is 3. The Morgan fingerprint density at radius 2 is 1.88 bits per heavy atom. The summed E-state index contributed by atoms with van der Waals surface area (Å²) in [6.45, 7) is -0.290. The predicted octanol–water partition coefficient (Wildman–Crippen LogP) is 0.912. The molecule has 0 aliphatic heterocycles. The van der Waals surface area contributed by atoms with Crippen molar-refractivity contribution in [2.24, 2.45) is 0 Å². The summed E-state index contributed by atoms with van der Waals surface area (Å²) in [5.41, 5.74) is -1.65. The van der Waals surface area contributed by atoms with Crippen LogP contribution in [0, 0.1) is 0 Å². The van der Waals surface area contributed by atoms with E-state index in [-0.39, 0.29) is 12.3 Å². The number of rotatable bonds is 3. The average Bonchev–Trinajstić information content (AvgIpc) is 2.13. The Balaban J connectivity index is 3.04. The summed E-state index contributed by atoms with van der Waals surface area (Å²) < 4.78 is 59.5. The van der Waals surface area contributed by atoms with Gasteiger partial charge in [0.15, 0.2) is 0 Å². The van der Waals surface area contributed by atoms with E-state index < -0.39 is 27.1 Å². The maximum atomic E-state index is 12.3. The number of hydrogen-bond acceptors (Lipinski definition) is 3. The van der Waals surface area contributed by atoms with Crippen molar-refractivity contribution >= 4 is 9.84 Å². The highest BCUT2D eigenvalue weighted by Gasteiger charge is 2.31. The van der Waals surface area contributed by atoms with E-state index in [9.17, 15) is 26.4 Å². The van der Waals surface area contributed by atoms with E-state index in [1.54, 1.807) is 0 Å². The quantitative estimate of drug-likeness (QED) is 0.819. The number of aromatic nitrogens is 1. The van der Waals surface area contributed by atoms with E-state index >= 15 is 0 Å². The monoisotopic (exact) mass is 269 g/mol. The molecule has 0 aliphatic rings. The normalized spacial score (nSPS) is 12.7. The molecule has 4 nitrogen and oxygen atoms in total. The standard InChI is InChI=1S/C9H10F3NO3S/c1-17(15,16)5-4-13-6-7(9(10,11)12)2-3-8(13)14/h2-3,6H,4-5H2,1H3. The SMILES string of the molecule is CS(=O)(=O)CCn1cc(C(F)(F)F)ccc1=O. The van der Waals surface area contributed by atoms with Gasteiger partial charge >= 0.3 is 6.18 Å². The second-order valence-electron chi connectivity index (χ2n) is 3.58. The Morgan fingerprint density at radius 3 is 2.35 bits per heavy atom. The van der Waals surface area contributed by atoms with Crippen molar-refractivity contribution in [2.45, 2.75) is 12.7 Å². The first-order valence-electron chi connectivity index (χ1n) is 4.55. The van der Waals surface area contributed by atoms with E-state index in [2.05, 4.69) is 0 Å². The van der Waals surface area contributed by atoms with Gasteiger partial charge in [-0.3, -0.25) is 4.79 Å². The van der Waals surface area contributed by atoms with Gasteiger partial charge in [0.05, 0.1) is 11.3 Å². The lowest BCUT2D eigenvalue weighted by Gasteiger charge is -2.10. The number of halogens is 3. The summed E-state index contributed by atoms with van der Waals surface area (Å²) >= 11 is 0. The van der Waals surface area contributed by atoms with Crippen molar-refractivity contribution in [2.75, 3.05) is 12.0 Å². The molecule has 0 unspecified atom stereocenters. The van der Waals surface area contributed by atoms with Gasteiger partial charge in [0, 0.05) is 25.1 Å². The van der Waals surface area contributed by atoms with Crippen molar-refractivity contribution in [3.8, 4) is 0 Å². The van der Waals surface area contributed by atoms with E-state index in [1.165, 1.54) is 0 Å². The highest BCUT2D eigenvalue weighted by Crippen LogP contribution is 2.27. The van der Waals surface area contributed by atoms with Crippen LogP contribution in [0.1, 0.15) is 5.56 Å². The fourth-order valence-corrected chi connectivity index (χ4v) is 1.67. The van der Waals surface area contributed by atoms with E-state index in [1.807, 2.05) is 0 Å². The zero-order valence-corrected chi connectivity index (χ0v) is 9.68. The molecule has 0 spiro atoms. The van der Waals surface area contributed by atoms with Crippen LogP contribution in [0.5, 0.6) is 0 Å². The zero-order valence-electron chi connectivity index (χ0n) is 8.86. The molecule has 0 saturated heterocycles. The van der Waals surface area contributed by atoms with Crippen molar-refractivity contribution in [1.29, 1.82) is 0 Å². The zero-order chi connectivity index (χ0) is 13.3. The molecule has 96 valence electrons. The fraction of sp³-hybridized carbons (Fsp3) is 0.444. The minimum absolute atomic E-state index is 0.290. The molecule has 1 aromatic rings. The van der Waals surface area contributed by atoms with E-state index in [0.29, 0.717) is 12.3 Å². The Kier molecular flexibility index (Phi) is 3.65. The van der Waals surface area contributed by atoms with E-state index in [4.69, 9.17) is 0 Å². The van der Waals surface area contributed by atoms with Crippen LogP contribution in [-0.4, -0.2) is 25.0 Å². The average molecular weight is 269 g/mol. The number of hydrogen-bond donors (Lipinski definition) is 0. The minimum atomic E-state index is -4.56. The Bertz CT molecular complexity index is 560. The largest absolute Gasteiger partial charge is 0.417 e. The number of nitrogens with zero attached hydrogens (tertiary/aromatic N) is 1. The number of pyridine rings is 1. The molecule has 0 atom stereocenters. The molecule has 0 fully saturated rings. The molecule has 0 saturated carbocycles. The topological polar surface area (TPSA) is 56.1 Å². The minimum Gasteiger partial charge on any atom is -0.314 e. The third-order valence-electron chi connectivity index (χ3n) is 2.01. The molecule has 0 N–H and O–H groups in total. The number of sulfone groups is 1. The van der Waals surface area contributed by atoms with Gasteiger partial charge in [0.2, 0.25) is 0 Å². The van der Waals surface area contributed by atoms with Crippen molar-refractivity contribution in [1.82, 2.24) is 4.57 Å². The van der Waals surface area contributed by atoms with Crippen LogP contribution in [0.25, 0.3) is 0 Å². The summed E-state index contributed by atoms with van der Waals surface area (Å²) in [4.78, 5) is 11.2. The molecule has 17 heavy (non-hydrogen) atoms. The number of aryl methyl sites for hydroxylation is 1. The van der Waals surface area contributed by atoms with Crippen molar-refractivity contribution < 1.29 is 21.6 Å². The molecule has 0 aromatic carbocycles. The Morgan fingerprint density at radius 1 is 1.29 bits per heavy atom. The van der Waals surface area contributed by atoms with Crippen LogP contribution in [-0.2, 0) is 22.6 Å². The molecule has 0 aliphatic carbocycles. The smallest absolute Gasteiger partial charge is 0.314 e. The van der Waals surface area contributed by atoms with Gasteiger partial charge in [0.1, 0.15) is 9.84 Å². The molecular formula is C9H10F3NO3S. The van der Waals surface area contributed by atoms with E-state index in [0.717, 1.165) is 16.9 Å². The maximum Gasteiger partial charge on any atom is 0.417 e. The first-order chi connectivity index (χ1) is 7.59. The second kappa shape index (κ2) is 4.52. The lowest BCUT2D eigenvalue weighted by Crippen LogP contribution is -2.24. The summed E-state index contributed by atoms with van der Waals surface area (Å²) in [7, 11) is -3.33. The first-order valence-corrected chi connectivity index (χ1v) is 6.61. The molecular weight excluding hydrogens is 259 g/mol. The molecule has 8 heteroatoms. The summed E-state index contributed by atoms with van der Waals surface area (Å²) in [5, 5.41) is 0. The third-order valence-corrected chi connectivity index (χ3v) is 2.94. The lowest BCUT2D eigenvalue weighted by atomic mass is 10.3. The fourth-order valence-electron chi connectivity index (χ4n) is 1.14. The van der Waals surface area contributed by atoms with Gasteiger partial charge in [-0.15, -0.1) is 0 Å². The maximum absolute atomic E-state index is 12.3. The summed E-state index contributed by atoms with van der Waals surface area (Å²) in [6, 6.07) is 1.43. The van der Waals surface area contributed by atoms with Gasteiger partial charge in [0.25, 0.3) is 5.56 Å². The molecule has 1 rings (SSSR count). The Labute approximate surface area is 95.6 Å². The van der Waals surface area contributed by atoms with Crippen LogP contribution in [0.15, 0.2) is 23.1 Å². The van der Waals surface area contributed by atoms with Crippen LogP contribution < -0.4 is 5.56 Å². The molecule has 1 heterocycles. The third kappa shape index (κ3) is 4.22. The van der Waals surface area contributed by atoms with Gasteiger partial charge in [-0.25, -0.2) is 8.42 Å². The first kappa shape index (κ1) is 13.8. The van der Waals surface area contributed by atoms with Gasteiger partial charge in [-0.1, -0.05) is 0 Å².